The van der Waals surface area contributed by atoms with Crippen molar-refractivity contribution < 1.29 is 23.1 Å². The van der Waals surface area contributed by atoms with Gasteiger partial charge >= 0.3 is 5.97 Å². The molecular formula is C26H29N5O6S. The number of piperidine rings is 1. The van der Waals surface area contributed by atoms with Crippen LogP contribution in [0.3, 0.4) is 0 Å². The molecule has 1 aromatic heterocycles. The zero-order valence-electron chi connectivity index (χ0n) is 20.5. The molecule has 1 saturated heterocycles. The van der Waals surface area contributed by atoms with Crippen LogP contribution in [-0.4, -0.2) is 55.7 Å². The highest BCUT2D eigenvalue weighted by Gasteiger charge is 2.26. The Bertz CT molecular complexity index is 1430. The van der Waals surface area contributed by atoms with Crippen molar-refractivity contribution in [2.75, 3.05) is 23.3 Å². The highest BCUT2D eigenvalue weighted by atomic mass is 32.2. The maximum absolute atomic E-state index is 12.7. The zero-order chi connectivity index (χ0) is 27.1. The quantitative estimate of drug-likeness (QED) is 0.261. The molecule has 200 valence electrons. The molecule has 0 bridgehead atoms. The van der Waals surface area contributed by atoms with Crippen molar-refractivity contribution in [3.63, 3.8) is 0 Å². The standard InChI is InChI=1S/C26H29N5O6S/c32-24-11-6-9-22(29-24)28-23-10-4-5-16-31(23)19-14-12-18(13-15-19)25(33)27-17-21(26(34)35)30-38(36,37)20-7-2-1-3-8-20/h1-3,6-9,11-15,21,23,30H,4-5,10,16-17H2,(H,27,33)(H,34,35)(H2,28,29,32)/t21-,23?/m0/s1. The minimum absolute atomic E-state index is 0.0459. The van der Waals surface area contributed by atoms with Gasteiger partial charge in [0, 0.05) is 30.4 Å². The Labute approximate surface area is 219 Å². The second-order valence-electron chi connectivity index (χ2n) is 8.86. The lowest BCUT2D eigenvalue weighted by Crippen LogP contribution is -2.48. The average Bonchev–Trinajstić information content (AvgIpc) is 2.91. The second kappa shape index (κ2) is 11.9. The number of nitrogens with one attached hydrogen (secondary N) is 4. The van der Waals surface area contributed by atoms with Gasteiger partial charge in [-0.2, -0.15) is 4.72 Å². The van der Waals surface area contributed by atoms with Crippen molar-refractivity contribution in [2.45, 2.75) is 36.4 Å². The third kappa shape index (κ3) is 6.78. The van der Waals surface area contributed by atoms with Gasteiger partial charge in [0.15, 0.2) is 0 Å². The van der Waals surface area contributed by atoms with E-state index < -0.39 is 34.5 Å². The van der Waals surface area contributed by atoms with Crippen LogP contribution in [0.25, 0.3) is 0 Å². The average molecular weight is 540 g/mol. The van der Waals surface area contributed by atoms with Crippen LogP contribution >= 0.6 is 0 Å². The molecule has 2 heterocycles. The smallest absolute Gasteiger partial charge is 0.323 e. The van der Waals surface area contributed by atoms with Gasteiger partial charge in [0.05, 0.1) is 4.90 Å². The highest BCUT2D eigenvalue weighted by Crippen LogP contribution is 2.26. The van der Waals surface area contributed by atoms with Gasteiger partial charge in [-0.25, -0.2) is 8.42 Å². The van der Waals surface area contributed by atoms with Crippen LogP contribution in [0.15, 0.2) is 82.5 Å². The molecule has 2 aromatic carbocycles. The number of carbonyl (C=O) groups is 2. The Hall–Kier alpha value is -4.16. The van der Waals surface area contributed by atoms with Crippen LogP contribution < -0.4 is 25.8 Å². The lowest BCUT2D eigenvalue weighted by atomic mass is 10.1. The fourth-order valence-corrected chi connectivity index (χ4v) is 5.45. The fourth-order valence-electron chi connectivity index (χ4n) is 4.24. The van der Waals surface area contributed by atoms with Gasteiger partial charge < -0.3 is 25.6 Å². The number of carboxylic acid groups (broad SMARTS) is 1. The van der Waals surface area contributed by atoms with Crippen molar-refractivity contribution >= 4 is 33.4 Å². The number of pyridine rings is 1. The molecule has 1 amide bonds. The van der Waals surface area contributed by atoms with Crippen molar-refractivity contribution in [3.8, 4) is 0 Å². The number of aromatic amines is 1. The first kappa shape index (κ1) is 26.9. The predicted octanol–water partition coefficient (Wildman–Crippen LogP) is 1.96. The van der Waals surface area contributed by atoms with Crippen molar-refractivity contribution in [1.29, 1.82) is 0 Å². The van der Waals surface area contributed by atoms with E-state index in [4.69, 9.17) is 0 Å². The summed E-state index contributed by atoms with van der Waals surface area (Å²) in [5.41, 5.74) is 1.000. The summed E-state index contributed by atoms with van der Waals surface area (Å²) < 4.78 is 27.1. The molecule has 1 fully saturated rings. The van der Waals surface area contributed by atoms with E-state index in [1.165, 1.54) is 30.3 Å². The minimum atomic E-state index is -4.08. The van der Waals surface area contributed by atoms with Crippen LogP contribution in [0, 0.1) is 0 Å². The molecule has 38 heavy (non-hydrogen) atoms. The van der Waals surface area contributed by atoms with E-state index in [1.807, 2.05) is 0 Å². The summed E-state index contributed by atoms with van der Waals surface area (Å²) in [6, 6.07) is 17.6. The largest absolute Gasteiger partial charge is 0.480 e. The van der Waals surface area contributed by atoms with E-state index in [-0.39, 0.29) is 16.6 Å². The van der Waals surface area contributed by atoms with E-state index in [9.17, 15) is 27.9 Å². The van der Waals surface area contributed by atoms with E-state index >= 15 is 0 Å². The Morgan fingerprint density at radius 3 is 2.42 bits per heavy atom. The first-order valence-corrected chi connectivity index (χ1v) is 13.6. The topological polar surface area (TPSA) is 161 Å². The molecule has 12 heteroatoms. The molecule has 11 nitrogen and oxygen atoms in total. The van der Waals surface area contributed by atoms with Gasteiger partial charge in [0.2, 0.25) is 15.6 Å². The summed E-state index contributed by atoms with van der Waals surface area (Å²) in [5, 5.41) is 15.3. The number of nitrogens with zero attached hydrogens (tertiary/aromatic N) is 1. The molecule has 1 unspecified atom stereocenters. The molecule has 0 spiro atoms. The normalized spacial score (nSPS) is 16.4. The Kier molecular flexibility index (Phi) is 8.44. The fraction of sp³-hybridized carbons (Fsp3) is 0.269. The van der Waals surface area contributed by atoms with Gasteiger partial charge in [-0.05, 0) is 61.7 Å². The summed E-state index contributed by atoms with van der Waals surface area (Å²) in [5.74, 6) is -1.32. The molecular weight excluding hydrogens is 510 g/mol. The highest BCUT2D eigenvalue weighted by molar-refractivity contribution is 7.89. The predicted molar refractivity (Wildman–Crippen MR) is 143 cm³/mol. The van der Waals surface area contributed by atoms with Crippen LogP contribution in [0.4, 0.5) is 11.5 Å². The Morgan fingerprint density at radius 2 is 1.74 bits per heavy atom. The number of amides is 1. The van der Waals surface area contributed by atoms with E-state index in [1.54, 1.807) is 42.5 Å². The van der Waals surface area contributed by atoms with Crippen LogP contribution in [0.2, 0.25) is 0 Å². The van der Waals surface area contributed by atoms with Gasteiger partial charge in [-0.3, -0.25) is 14.4 Å². The summed E-state index contributed by atoms with van der Waals surface area (Å²) in [4.78, 5) is 40.8. The van der Waals surface area contributed by atoms with Crippen molar-refractivity contribution in [3.05, 3.63) is 88.7 Å². The number of anilines is 2. The van der Waals surface area contributed by atoms with Gasteiger partial charge in [0.1, 0.15) is 18.0 Å². The number of aromatic nitrogens is 1. The monoisotopic (exact) mass is 539 g/mol. The molecule has 0 saturated carbocycles. The van der Waals surface area contributed by atoms with Crippen LogP contribution in [-0.2, 0) is 14.8 Å². The number of sulfonamides is 1. The van der Waals surface area contributed by atoms with E-state index in [0.717, 1.165) is 31.5 Å². The molecule has 4 rings (SSSR count). The SMILES string of the molecule is O=C(NC[C@H](NS(=O)(=O)c1ccccc1)C(=O)O)c1ccc(N2CCCCC2Nc2cccc(=O)[nH]2)cc1. The maximum atomic E-state index is 12.7. The summed E-state index contributed by atoms with van der Waals surface area (Å²) in [7, 11) is -4.08. The molecule has 3 aromatic rings. The first-order chi connectivity index (χ1) is 18.2. The maximum Gasteiger partial charge on any atom is 0.323 e. The molecule has 1 aliphatic heterocycles. The van der Waals surface area contributed by atoms with Crippen LogP contribution in [0.5, 0.6) is 0 Å². The molecule has 0 aliphatic carbocycles. The number of carboxylic acids is 1. The molecule has 1 aliphatic rings. The summed E-state index contributed by atoms with van der Waals surface area (Å²) >= 11 is 0. The second-order valence-corrected chi connectivity index (χ2v) is 10.6. The zero-order valence-corrected chi connectivity index (χ0v) is 21.3. The number of aliphatic carboxylic acids is 1. The molecule has 5 N–H and O–H groups in total. The summed E-state index contributed by atoms with van der Waals surface area (Å²) in [6.07, 6.45) is 2.86. The van der Waals surface area contributed by atoms with Gasteiger partial charge in [0.25, 0.3) is 5.91 Å². The van der Waals surface area contributed by atoms with Crippen LogP contribution in [0.1, 0.15) is 29.6 Å². The van der Waals surface area contributed by atoms with Gasteiger partial charge in [-0.1, -0.05) is 24.3 Å². The number of rotatable bonds is 10. The number of hydrogen-bond acceptors (Lipinski definition) is 7. The number of hydrogen-bond donors (Lipinski definition) is 5. The number of H-pyrrole nitrogens is 1. The number of carbonyl (C=O) groups excluding carboxylic acids is 1. The first-order valence-electron chi connectivity index (χ1n) is 12.1. The third-order valence-electron chi connectivity index (χ3n) is 6.17. The van der Waals surface area contributed by atoms with Gasteiger partial charge in [-0.15, -0.1) is 0 Å². The Morgan fingerprint density at radius 1 is 1.00 bits per heavy atom. The number of benzene rings is 2. The van der Waals surface area contributed by atoms with E-state index in [2.05, 4.69) is 25.2 Å². The lowest BCUT2D eigenvalue weighted by molar-refractivity contribution is -0.138. The molecule has 2 atom stereocenters. The lowest BCUT2D eigenvalue weighted by Gasteiger charge is -2.38. The van der Waals surface area contributed by atoms with Crippen molar-refractivity contribution in [2.24, 2.45) is 0 Å². The summed E-state index contributed by atoms with van der Waals surface area (Å²) in [6.45, 7) is 0.359. The Balaban J connectivity index is 1.39. The van der Waals surface area contributed by atoms with E-state index in [0.29, 0.717) is 11.4 Å². The minimum Gasteiger partial charge on any atom is -0.480 e. The van der Waals surface area contributed by atoms with Crippen molar-refractivity contribution in [1.82, 2.24) is 15.0 Å². The third-order valence-corrected chi connectivity index (χ3v) is 7.66. The molecule has 0 radical (unpaired) electrons.